The van der Waals surface area contributed by atoms with Crippen molar-refractivity contribution >= 4 is 11.5 Å². The normalized spacial score (nSPS) is 11.3. The van der Waals surface area contributed by atoms with Crippen LogP contribution >= 0.6 is 0 Å². The van der Waals surface area contributed by atoms with Crippen molar-refractivity contribution in [2.45, 2.75) is 0 Å². The topological polar surface area (TPSA) is 97.7 Å². The second kappa shape index (κ2) is 6.46. The molecule has 0 radical (unpaired) electrons. The van der Waals surface area contributed by atoms with Crippen molar-refractivity contribution in [3.8, 4) is 5.75 Å². The number of ether oxygens (including phenoxy) is 1. The molecule has 1 heterocycles. The Morgan fingerprint density at radius 2 is 2.20 bits per heavy atom. The van der Waals surface area contributed by atoms with Gasteiger partial charge in [-0.2, -0.15) is 5.10 Å². The van der Waals surface area contributed by atoms with Crippen LogP contribution in [0, 0.1) is 0 Å². The predicted molar refractivity (Wildman–Crippen MR) is 76.1 cm³/mol. The summed E-state index contributed by atoms with van der Waals surface area (Å²) in [6, 6.07) is 7.02. The van der Waals surface area contributed by atoms with Crippen molar-refractivity contribution in [3.05, 3.63) is 42.2 Å². The van der Waals surface area contributed by atoms with Crippen LogP contribution in [0.15, 0.2) is 41.8 Å². The molecular weight excluding hydrogens is 258 g/mol. The molecule has 1 aromatic carbocycles. The van der Waals surface area contributed by atoms with Gasteiger partial charge >= 0.3 is 0 Å². The average molecular weight is 275 g/mol. The highest BCUT2D eigenvalue weighted by Gasteiger charge is 2.00. The van der Waals surface area contributed by atoms with Crippen molar-refractivity contribution in [2.24, 2.45) is 17.9 Å². The Kier molecular flexibility index (Phi) is 4.43. The highest BCUT2D eigenvalue weighted by Crippen LogP contribution is 2.12. The molecule has 0 amide bonds. The van der Waals surface area contributed by atoms with Gasteiger partial charge in [-0.1, -0.05) is 5.16 Å². The molecule has 7 heteroatoms. The van der Waals surface area contributed by atoms with E-state index in [4.69, 9.17) is 15.7 Å². The maximum Gasteiger partial charge on any atom is 0.170 e. The van der Waals surface area contributed by atoms with Crippen molar-refractivity contribution in [2.75, 3.05) is 18.5 Å². The molecule has 106 valence electrons. The van der Waals surface area contributed by atoms with E-state index in [1.165, 1.54) is 0 Å². The number of amidine groups is 1. The van der Waals surface area contributed by atoms with Crippen LogP contribution in [0.4, 0.5) is 5.69 Å². The lowest BCUT2D eigenvalue weighted by Crippen LogP contribution is -2.13. The van der Waals surface area contributed by atoms with Crippen molar-refractivity contribution in [1.29, 1.82) is 0 Å². The Balaban J connectivity index is 1.77. The van der Waals surface area contributed by atoms with E-state index < -0.39 is 0 Å². The number of aryl methyl sites for hydroxylation is 1. The molecule has 0 atom stereocenters. The van der Waals surface area contributed by atoms with Crippen molar-refractivity contribution in [1.82, 2.24) is 9.78 Å². The summed E-state index contributed by atoms with van der Waals surface area (Å²) < 4.78 is 7.30. The minimum atomic E-state index is 0.0785. The van der Waals surface area contributed by atoms with Gasteiger partial charge in [0.25, 0.3) is 0 Å². The van der Waals surface area contributed by atoms with Crippen LogP contribution in [0.5, 0.6) is 5.75 Å². The molecule has 0 aliphatic heterocycles. The van der Waals surface area contributed by atoms with E-state index >= 15 is 0 Å². The number of oxime groups is 1. The van der Waals surface area contributed by atoms with Gasteiger partial charge in [-0.15, -0.1) is 0 Å². The molecule has 1 aromatic heterocycles. The Bertz CT molecular complexity index is 577. The minimum Gasteiger partial charge on any atom is -0.492 e. The van der Waals surface area contributed by atoms with Crippen LogP contribution in [0.1, 0.15) is 5.56 Å². The predicted octanol–water partition coefficient (Wildman–Crippen LogP) is 1.01. The zero-order chi connectivity index (χ0) is 14.4. The number of rotatable bonds is 6. The second-order valence-corrected chi connectivity index (χ2v) is 4.19. The first kappa shape index (κ1) is 13.7. The summed E-state index contributed by atoms with van der Waals surface area (Å²) in [6.45, 7) is 1.20. The van der Waals surface area contributed by atoms with E-state index in [2.05, 4.69) is 15.6 Å². The van der Waals surface area contributed by atoms with Crippen LogP contribution in [0.3, 0.4) is 0 Å². The first-order valence-corrected chi connectivity index (χ1v) is 6.12. The van der Waals surface area contributed by atoms with Crippen LogP contribution in [0.2, 0.25) is 0 Å². The maximum absolute atomic E-state index is 8.56. The number of nitrogens with one attached hydrogen (secondary N) is 1. The standard InChI is InChI=1S/C13H17N5O2/c1-18-9-11(8-16-18)15-6-7-20-12-4-2-10(3-5-12)13(14)17-19/h2-5,8-9,15,19H,6-7H2,1H3,(H2,14,17). The fourth-order valence-electron chi connectivity index (χ4n) is 1.66. The van der Waals surface area contributed by atoms with E-state index in [9.17, 15) is 0 Å². The third-order valence-corrected chi connectivity index (χ3v) is 2.66. The molecule has 0 aliphatic carbocycles. The molecule has 2 rings (SSSR count). The Morgan fingerprint density at radius 3 is 2.80 bits per heavy atom. The van der Waals surface area contributed by atoms with E-state index in [1.807, 2.05) is 13.2 Å². The first-order chi connectivity index (χ1) is 9.69. The summed E-state index contributed by atoms with van der Waals surface area (Å²) in [5.41, 5.74) is 7.08. The summed E-state index contributed by atoms with van der Waals surface area (Å²) in [5.74, 6) is 0.808. The zero-order valence-electron chi connectivity index (χ0n) is 11.2. The number of aromatic nitrogens is 2. The molecule has 0 saturated carbocycles. The monoisotopic (exact) mass is 275 g/mol. The van der Waals surface area contributed by atoms with Gasteiger partial charge in [0, 0.05) is 25.4 Å². The minimum absolute atomic E-state index is 0.0785. The third kappa shape index (κ3) is 3.64. The zero-order valence-corrected chi connectivity index (χ0v) is 11.2. The molecule has 0 unspecified atom stereocenters. The summed E-state index contributed by atoms with van der Waals surface area (Å²) in [4.78, 5) is 0. The van der Waals surface area contributed by atoms with Gasteiger partial charge in [-0.3, -0.25) is 4.68 Å². The maximum atomic E-state index is 8.56. The summed E-state index contributed by atoms with van der Waals surface area (Å²) in [7, 11) is 1.87. The van der Waals surface area contributed by atoms with Gasteiger partial charge < -0.3 is 21.0 Å². The van der Waals surface area contributed by atoms with Crippen molar-refractivity contribution < 1.29 is 9.94 Å². The first-order valence-electron chi connectivity index (χ1n) is 6.12. The molecule has 0 saturated heterocycles. The molecule has 0 bridgehead atoms. The number of nitrogens with two attached hydrogens (primary N) is 1. The van der Waals surface area contributed by atoms with Crippen LogP contribution < -0.4 is 15.8 Å². The second-order valence-electron chi connectivity index (χ2n) is 4.19. The number of hydrogen-bond acceptors (Lipinski definition) is 5. The molecule has 7 nitrogen and oxygen atoms in total. The van der Waals surface area contributed by atoms with Gasteiger partial charge in [-0.25, -0.2) is 0 Å². The molecular formula is C13H17N5O2. The van der Waals surface area contributed by atoms with Gasteiger partial charge in [0.15, 0.2) is 5.84 Å². The molecule has 2 aromatic rings. The van der Waals surface area contributed by atoms with Gasteiger partial charge in [0.1, 0.15) is 12.4 Å². The molecule has 0 spiro atoms. The number of anilines is 1. The lowest BCUT2D eigenvalue weighted by atomic mass is 10.2. The van der Waals surface area contributed by atoms with Crippen LogP contribution in [0.25, 0.3) is 0 Å². The summed E-state index contributed by atoms with van der Waals surface area (Å²) in [6.07, 6.45) is 3.65. The van der Waals surface area contributed by atoms with E-state index in [-0.39, 0.29) is 5.84 Å². The van der Waals surface area contributed by atoms with Crippen molar-refractivity contribution in [3.63, 3.8) is 0 Å². The third-order valence-electron chi connectivity index (χ3n) is 2.66. The SMILES string of the molecule is Cn1cc(NCCOc2ccc(C(N)=NO)cc2)cn1. The Morgan fingerprint density at radius 1 is 1.45 bits per heavy atom. The Labute approximate surface area is 116 Å². The molecule has 20 heavy (non-hydrogen) atoms. The van der Waals surface area contributed by atoms with Crippen LogP contribution in [-0.2, 0) is 7.05 Å². The smallest absolute Gasteiger partial charge is 0.170 e. The molecule has 4 N–H and O–H groups in total. The fraction of sp³-hybridized carbons (Fsp3) is 0.231. The Hall–Kier alpha value is -2.70. The number of hydrogen-bond donors (Lipinski definition) is 3. The average Bonchev–Trinajstić information content (AvgIpc) is 2.89. The lowest BCUT2D eigenvalue weighted by molar-refractivity contribution is 0.318. The highest BCUT2D eigenvalue weighted by atomic mass is 16.5. The number of nitrogens with zero attached hydrogens (tertiary/aromatic N) is 3. The largest absolute Gasteiger partial charge is 0.492 e. The summed E-state index contributed by atoms with van der Waals surface area (Å²) >= 11 is 0. The lowest BCUT2D eigenvalue weighted by Gasteiger charge is -2.07. The van der Waals surface area contributed by atoms with E-state index in [0.717, 1.165) is 11.4 Å². The van der Waals surface area contributed by atoms with Gasteiger partial charge in [0.05, 0.1) is 11.9 Å². The van der Waals surface area contributed by atoms with Crippen LogP contribution in [-0.4, -0.2) is 34.0 Å². The fourth-order valence-corrected chi connectivity index (χ4v) is 1.66. The molecule has 0 fully saturated rings. The van der Waals surface area contributed by atoms with Gasteiger partial charge in [0.2, 0.25) is 0 Å². The molecule has 0 aliphatic rings. The quantitative estimate of drug-likeness (QED) is 0.240. The number of benzene rings is 1. The van der Waals surface area contributed by atoms with E-state index in [0.29, 0.717) is 18.7 Å². The van der Waals surface area contributed by atoms with E-state index in [1.54, 1.807) is 35.1 Å². The van der Waals surface area contributed by atoms with Gasteiger partial charge in [-0.05, 0) is 24.3 Å². The summed E-state index contributed by atoms with van der Waals surface area (Å²) in [5, 5.41) is 18.7. The highest BCUT2D eigenvalue weighted by molar-refractivity contribution is 5.97.